The highest BCUT2D eigenvalue weighted by atomic mass is 32.1. The summed E-state index contributed by atoms with van der Waals surface area (Å²) in [6.07, 6.45) is 1.37. The van der Waals surface area contributed by atoms with Crippen LogP contribution in [0.2, 0.25) is 0 Å². The molecule has 2 heterocycles. The molecule has 1 aromatic carbocycles. The minimum Gasteiger partial charge on any atom is -0.350 e. The second-order valence-corrected chi connectivity index (χ2v) is 8.49. The van der Waals surface area contributed by atoms with E-state index in [-0.39, 0.29) is 11.5 Å². The molecule has 28 heavy (non-hydrogen) atoms. The molecule has 3 rings (SSSR count). The Bertz CT molecular complexity index is 929. The van der Waals surface area contributed by atoms with Gasteiger partial charge >= 0.3 is 5.69 Å². The summed E-state index contributed by atoms with van der Waals surface area (Å²) in [5.41, 5.74) is 0.719. The van der Waals surface area contributed by atoms with Gasteiger partial charge in [0.2, 0.25) is 11.6 Å². The maximum absolute atomic E-state index is 11.9. The Balaban J connectivity index is 2.01. The molecule has 0 fully saturated rings. The van der Waals surface area contributed by atoms with E-state index in [0.29, 0.717) is 35.9 Å². The van der Waals surface area contributed by atoms with Gasteiger partial charge in [0.15, 0.2) is 5.13 Å². The number of aromatic nitrogens is 3. The van der Waals surface area contributed by atoms with Crippen LogP contribution in [0.4, 0.5) is 22.5 Å². The van der Waals surface area contributed by atoms with Crippen molar-refractivity contribution in [2.24, 2.45) is 11.8 Å². The largest absolute Gasteiger partial charge is 0.353 e. The Hall–Kier alpha value is -2.81. The summed E-state index contributed by atoms with van der Waals surface area (Å²) < 4.78 is 1.00. The molecule has 0 amide bonds. The summed E-state index contributed by atoms with van der Waals surface area (Å²) in [5.74, 6) is 1.18. The van der Waals surface area contributed by atoms with Crippen LogP contribution in [0.15, 0.2) is 30.6 Å². The molecule has 8 nitrogen and oxygen atoms in total. The number of fused-ring (bicyclic) bond motifs is 1. The highest BCUT2D eigenvalue weighted by Crippen LogP contribution is 2.36. The lowest BCUT2D eigenvalue weighted by molar-refractivity contribution is -0.383. The molecule has 1 N–H and O–H groups in total. The topological polar surface area (TPSA) is 97.1 Å². The minimum atomic E-state index is -0.418. The van der Waals surface area contributed by atoms with Gasteiger partial charge in [-0.25, -0.2) is 15.0 Å². The first-order valence-electron chi connectivity index (χ1n) is 9.22. The lowest BCUT2D eigenvalue weighted by atomic mass is 10.1. The van der Waals surface area contributed by atoms with Crippen molar-refractivity contribution in [1.29, 1.82) is 0 Å². The van der Waals surface area contributed by atoms with Gasteiger partial charge in [-0.15, -0.1) is 0 Å². The fourth-order valence-corrected chi connectivity index (χ4v) is 3.88. The lowest BCUT2D eigenvalue weighted by Gasteiger charge is -2.27. The summed E-state index contributed by atoms with van der Waals surface area (Å²) in [6.45, 7) is 9.69. The number of nitrogens with one attached hydrogen (secondary N) is 1. The molecule has 148 valence electrons. The number of hydrogen-bond donors (Lipinski definition) is 1. The van der Waals surface area contributed by atoms with Crippen molar-refractivity contribution < 1.29 is 4.92 Å². The van der Waals surface area contributed by atoms with Gasteiger partial charge in [0.25, 0.3) is 0 Å². The molecule has 0 atom stereocenters. The number of nitrogens with zero attached hydrogens (tertiary/aromatic N) is 5. The summed E-state index contributed by atoms with van der Waals surface area (Å²) in [6, 6.07) is 7.72. The summed E-state index contributed by atoms with van der Waals surface area (Å²) in [7, 11) is 0. The maximum Gasteiger partial charge on any atom is 0.353 e. The Kier molecular flexibility index (Phi) is 6.03. The molecule has 0 spiro atoms. The van der Waals surface area contributed by atoms with E-state index < -0.39 is 4.92 Å². The SMILES string of the molecule is CC(C)CN(CC(C)C)c1ncnc(Nc2nc3ccccc3s2)c1[N+](=O)[O-]. The monoisotopic (exact) mass is 400 g/mol. The Morgan fingerprint density at radius 2 is 1.82 bits per heavy atom. The third-order valence-electron chi connectivity index (χ3n) is 3.98. The predicted molar refractivity (Wildman–Crippen MR) is 113 cm³/mol. The predicted octanol–water partition coefficient (Wildman–Crippen LogP) is 4.86. The highest BCUT2D eigenvalue weighted by molar-refractivity contribution is 7.22. The molecule has 9 heteroatoms. The van der Waals surface area contributed by atoms with Crippen LogP contribution in [0.25, 0.3) is 10.2 Å². The zero-order chi connectivity index (χ0) is 20.3. The van der Waals surface area contributed by atoms with E-state index in [1.807, 2.05) is 29.2 Å². The molecule has 0 aliphatic heterocycles. The van der Waals surface area contributed by atoms with Gasteiger partial charge in [-0.3, -0.25) is 10.1 Å². The van der Waals surface area contributed by atoms with E-state index in [1.54, 1.807) is 0 Å². The Morgan fingerprint density at radius 1 is 1.14 bits per heavy atom. The Morgan fingerprint density at radius 3 is 2.43 bits per heavy atom. The molecule has 0 saturated heterocycles. The van der Waals surface area contributed by atoms with Crippen LogP contribution in [0.5, 0.6) is 0 Å². The molecule has 2 aromatic heterocycles. The molecule has 0 aliphatic rings. The van der Waals surface area contributed by atoms with Crippen molar-refractivity contribution in [2.75, 3.05) is 23.3 Å². The number of rotatable bonds is 8. The normalized spacial score (nSPS) is 11.4. The first-order chi connectivity index (χ1) is 13.3. The van der Waals surface area contributed by atoms with Crippen LogP contribution in [-0.4, -0.2) is 33.0 Å². The summed E-state index contributed by atoms with van der Waals surface area (Å²) in [5, 5.41) is 15.5. The average molecular weight is 401 g/mol. The van der Waals surface area contributed by atoms with Crippen LogP contribution in [-0.2, 0) is 0 Å². The first kappa shape index (κ1) is 19.9. The zero-order valence-electron chi connectivity index (χ0n) is 16.4. The molecular weight excluding hydrogens is 376 g/mol. The molecule has 0 unspecified atom stereocenters. The smallest absolute Gasteiger partial charge is 0.350 e. The number of hydrogen-bond acceptors (Lipinski definition) is 8. The van der Waals surface area contributed by atoms with Gasteiger partial charge in [-0.1, -0.05) is 51.2 Å². The van der Waals surface area contributed by atoms with Gasteiger partial charge in [0.05, 0.1) is 15.1 Å². The maximum atomic E-state index is 11.9. The second-order valence-electron chi connectivity index (χ2n) is 7.46. The van der Waals surface area contributed by atoms with Crippen molar-refractivity contribution in [1.82, 2.24) is 15.0 Å². The quantitative estimate of drug-likeness (QED) is 0.426. The zero-order valence-corrected chi connectivity index (χ0v) is 17.2. The number of para-hydroxylation sites is 1. The van der Waals surface area contributed by atoms with Crippen LogP contribution < -0.4 is 10.2 Å². The van der Waals surface area contributed by atoms with Gasteiger partial charge in [-0.05, 0) is 24.0 Å². The Labute approximate surface area is 167 Å². The minimum absolute atomic E-state index is 0.122. The fourth-order valence-electron chi connectivity index (χ4n) is 3.02. The molecule has 0 saturated carbocycles. The lowest BCUT2D eigenvalue weighted by Crippen LogP contribution is -2.32. The molecule has 3 aromatic rings. The van der Waals surface area contributed by atoms with E-state index in [9.17, 15) is 10.1 Å². The van der Waals surface area contributed by atoms with E-state index in [2.05, 4.69) is 48.0 Å². The number of benzene rings is 1. The van der Waals surface area contributed by atoms with Crippen molar-refractivity contribution in [2.45, 2.75) is 27.7 Å². The van der Waals surface area contributed by atoms with Gasteiger partial charge in [-0.2, -0.15) is 0 Å². The average Bonchev–Trinajstić information content (AvgIpc) is 3.02. The second kappa shape index (κ2) is 8.47. The van der Waals surface area contributed by atoms with E-state index >= 15 is 0 Å². The standard InChI is InChI=1S/C19H24N6O2S/c1-12(2)9-24(10-13(3)4)18-16(25(26)27)17(20-11-21-18)23-19-22-14-7-5-6-8-15(14)28-19/h5-8,11-13H,9-10H2,1-4H3,(H,20,21,22,23). The van der Waals surface area contributed by atoms with E-state index in [4.69, 9.17) is 0 Å². The number of anilines is 3. The van der Waals surface area contributed by atoms with Crippen molar-refractivity contribution in [3.63, 3.8) is 0 Å². The third-order valence-corrected chi connectivity index (χ3v) is 4.93. The highest BCUT2D eigenvalue weighted by Gasteiger charge is 2.28. The van der Waals surface area contributed by atoms with Crippen LogP contribution in [0.3, 0.4) is 0 Å². The van der Waals surface area contributed by atoms with Gasteiger partial charge < -0.3 is 10.2 Å². The third kappa shape index (κ3) is 4.53. The molecule has 0 radical (unpaired) electrons. The fraction of sp³-hybridized carbons (Fsp3) is 0.421. The van der Waals surface area contributed by atoms with Crippen LogP contribution >= 0.6 is 11.3 Å². The van der Waals surface area contributed by atoms with E-state index in [0.717, 1.165) is 10.2 Å². The molecular formula is C19H24N6O2S. The number of thiazole rings is 1. The molecule has 0 bridgehead atoms. The molecule has 0 aliphatic carbocycles. The van der Waals surface area contributed by atoms with Crippen LogP contribution in [0.1, 0.15) is 27.7 Å². The van der Waals surface area contributed by atoms with Crippen LogP contribution in [0, 0.1) is 22.0 Å². The van der Waals surface area contributed by atoms with Crippen molar-refractivity contribution in [3.8, 4) is 0 Å². The van der Waals surface area contributed by atoms with Gasteiger partial charge in [0.1, 0.15) is 6.33 Å². The van der Waals surface area contributed by atoms with Gasteiger partial charge in [0, 0.05) is 13.1 Å². The summed E-state index contributed by atoms with van der Waals surface area (Å²) >= 11 is 1.43. The van der Waals surface area contributed by atoms with Crippen molar-refractivity contribution in [3.05, 3.63) is 40.7 Å². The summed E-state index contributed by atoms with van der Waals surface area (Å²) in [4.78, 5) is 26.4. The number of nitro groups is 1. The van der Waals surface area contributed by atoms with E-state index in [1.165, 1.54) is 17.7 Å². The van der Waals surface area contributed by atoms with Crippen molar-refractivity contribution >= 4 is 44.0 Å². The first-order valence-corrected chi connectivity index (χ1v) is 10.0.